The van der Waals surface area contributed by atoms with Crippen molar-refractivity contribution in [3.05, 3.63) is 47.1 Å². The SMILES string of the molecule is CCC1OC2(CC3CC(CC=C(C)CC(C)C=CC=C4COC5C(=O)C(C)=CC(C(=O)O3)C45O)O2)CC(O)C1C. The van der Waals surface area contributed by atoms with Crippen LogP contribution >= 0.6 is 0 Å². The summed E-state index contributed by atoms with van der Waals surface area (Å²) in [4.78, 5) is 26.8. The van der Waals surface area contributed by atoms with Crippen LogP contribution in [0.1, 0.15) is 73.1 Å². The molecule has 40 heavy (non-hydrogen) atoms. The fourth-order valence-electron chi connectivity index (χ4n) is 7.11. The number of fused-ring (bicyclic) bond motifs is 2. The molecule has 3 saturated heterocycles. The minimum Gasteiger partial charge on any atom is -0.462 e. The second kappa shape index (κ2) is 11.3. The maximum absolute atomic E-state index is 13.8. The van der Waals surface area contributed by atoms with Crippen molar-refractivity contribution in [2.24, 2.45) is 17.8 Å². The van der Waals surface area contributed by atoms with Gasteiger partial charge in [0.2, 0.25) is 0 Å². The van der Waals surface area contributed by atoms with Gasteiger partial charge < -0.3 is 29.2 Å². The summed E-state index contributed by atoms with van der Waals surface area (Å²) in [5.41, 5.74) is 0.257. The van der Waals surface area contributed by atoms with E-state index in [9.17, 15) is 19.8 Å². The normalized spacial score (nSPS) is 44.4. The van der Waals surface area contributed by atoms with E-state index in [2.05, 4.69) is 26.0 Å². The number of rotatable bonds is 1. The Bertz CT molecular complexity index is 1140. The lowest BCUT2D eigenvalue weighted by Gasteiger charge is -2.51. The minimum absolute atomic E-state index is 0.0329. The zero-order valence-corrected chi connectivity index (χ0v) is 24.3. The monoisotopic (exact) mass is 556 g/mol. The number of ketones is 1. The molecule has 10 unspecified atom stereocenters. The third-order valence-electron chi connectivity index (χ3n) is 9.41. The molecule has 5 aliphatic rings. The first-order valence-electron chi connectivity index (χ1n) is 14.8. The van der Waals surface area contributed by atoms with Crippen molar-refractivity contribution in [3.63, 3.8) is 0 Å². The second-order valence-electron chi connectivity index (χ2n) is 12.6. The summed E-state index contributed by atoms with van der Waals surface area (Å²) in [6.07, 6.45) is 9.90. The summed E-state index contributed by atoms with van der Waals surface area (Å²) >= 11 is 0. The number of hydrogen-bond acceptors (Lipinski definition) is 8. The topological polar surface area (TPSA) is 112 Å². The number of aliphatic hydroxyl groups excluding tert-OH is 1. The number of hydrogen-bond donors (Lipinski definition) is 2. The molecule has 0 aromatic rings. The molecule has 10 atom stereocenters. The Kier molecular flexibility index (Phi) is 8.30. The molecule has 0 radical (unpaired) electrons. The van der Waals surface area contributed by atoms with Crippen LogP contribution in [0, 0.1) is 17.8 Å². The van der Waals surface area contributed by atoms with Gasteiger partial charge in [0.25, 0.3) is 0 Å². The zero-order chi connectivity index (χ0) is 28.8. The summed E-state index contributed by atoms with van der Waals surface area (Å²) in [7, 11) is 0. The highest BCUT2D eigenvalue weighted by Gasteiger charge is 2.60. The van der Waals surface area contributed by atoms with Crippen LogP contribution in [0.3, 0.4) is 0 Å². The van der Waals surface area contributed by atoms with E-state index < -0.39 is 41.6 Å². The van der Waals surface area contributed by atoms with Gasteiger partial charge in [-0.15, -0.1) is 0 Å². The van der Waals surface area contributed by atoms with Crippen LogP contribution in [0.5, 0.6) is 0 Å². The van der Waals surface area contributed by atoms with Gasteiger partial charge in [-0.1, -0.05) is 56.7 Å². The lowest BCUT2D eigenvalue weighted by atomic mass is 9.71. The van der Waals surface area contributed by atoms with Crippen LogP contribution < -0.4 is 0 Å². The number of Topliss-reactive ketones (excluding diaryl/α,β-unsaturated/α-hetero) is 1. The molecule has 8 nitrogen and oxygen atoms in total. The fraction of sp³-hybridized carbons (Fsp3) is 0.688. The molecule has 4 aliphatic heterocycles. The van der Waals surface area contributed by atoms with E-state index in [1.54, 1.807) is 13.0 Å². The summed E-state index contributed by atoms with van der Waals surface area (Å²) in [5, 5.41) is 22.9. The molecule has 0 amide bonds. The van der Waals surface area contributed by atoms with Gasteiger partial charge in [-0.3, -0.25) is 9.59 Å². The van der Waals surface area contributed by atoms with Gasteiger partial charge in [0.1, 0.15) is 17.6 Å². The first-order chi connectivity index (χ1) is 19.0. The van der Waals surface area contributed by atoms with Crippen LogP contribution in [-0.4, -0.2) is 70.5 Å². The Morgan fingerprint density at radius 3 is 2.62 bits per heavy atom. The number of allylic oxidation sites excluding steroid dienone is 4. The van der Waals surface area contributed by atoms with Crippen molar-refractivity contribution in [2.75, 3.05) is 6.61 Å². The molecular weight excluding hydrogens is 512 g/mol. The van der Waals surface area contributed by atoms with Gasteiger partial charge in [-0.25, -0.2) is 0 Å². The maximum atomic E-state index is 13.8. The highest BCUT2D eigenvalue weighted by Crippen LogP contribution is 2.46. The van der Waals surface area contributed by atoms with E-state index in [1.807, 2.05) is 19.9 Å². The Morgan fingerprint density at radius 2 is 1.88 bits per heavy atom. The smallest absolute Gasteiger partial charge is 0.316 e. The van der Waals surface area contributed by atoms with E-state index in [0.29, 0.717) is 30.4 Å². The third kappa shape index (κ3) is 5.41. The number of carbonyl (C=O) groups is 2. The van der Waals surface area contributed by atoms with Crippen LogP contribution in [0.4, 0.5) is 0 Å². The predicted molar refractivity (Wildman–Crippen MR) is 148 cm³/mol. The molecule has 2 N–H and O–H groups in total. The Hall–Kier alpha value is -2.10. The number of ether oxygens (including phenoxy) is 4. The molecule has 0 aromatic heterocycles. The van der Waals surface area contributed by atoms with Crippen molar-refractivity contribution in [3.8, 4) is 0 Å². The lowest BCUT2D eigenvalue weighted by Crippen LogP contribution is -2.59. The van der Waals surface area contributed by atoms with E-state index in [1.165, 1.54) is 11.6 Å². The predicted octanol–water partition coefficient (Wildman–Crippen LogP) is 4.10. The molecule has 220 valence electrons. The standard InChI is InChI=1S/C32H44O8/c1-6-27-21(5)26(33)16-31(40-27)15-24-14-23(39-31)11-10-19(3)12-18(2)8-7-9-22-17-37-29-28(34)20(4)13-25(30(35)38-24)32(22,29)36/h7-10,13,18,21,23-27,29,33,36H,6,11-12,14-17H2,1-5H3. The quantitative estimate of drug-likeness (QED) is 0.367. The average molecular weight is 557 g/mol. The largest absolute Gasteiger partial charge is 0.462 e. The van der Waals surface area contributed by atoms with Crippen molar-refractivity contribution >= 4 is 11.8 Å². The van der Waals surface area contributed by atoms with Crippen LogP contribution in [0.25, 0.3) is 0 Å². The molecule has 0 aromatic carbocycles. The van der Waals surface area contributed by atoms with Gasteiger partial charge >= 0.3 is 5.97 Å². The van der Waals surface area contributed by atoms with Crippen LogP contribution in [0.2, 0.25) is 0 Å². The molecule has 1 spiro atoms. The zero-order valence-electron chi connectivity index (χ0n) is 24.3. The minimum atomic E-state index is -1.82. The second-order valence-corrected chi connectivity index (χ2v) is 12.6. The highest BCUT2D eigenvalue weighted by molar-refractivity contribution is 6.03. The van der Waals surface area contributed by atoms with Gasteiger partial charge in [0, 0.05) is 25.2 Å². The molecule has 8 heteroatoms. The Morgan fingerprint density at radius 1 is 1.10 bits per heavy atom. The summed E-state index contributed by atoms with van der Waals surface area (Å²) in [5.74, 6) is -2.89. The fourth-order valence-corrected chi connectivity index (χ4v) is 7.11. The molecule has 3 fully saturated rings. The van der Waals surface area contributed by atoms with Crippen molar-refractivity contribution in [1.29, 1.82) is 0 Å². The van der Waals surface area contributed by atoms with E-state index in [4.69, 9.17) is 18.9 Å². The molecule has 0 saturated carbocycles. The van der Waals surface area contributed by atoms with Crippen molar-refractivity contribution in [1.82, 2.24) is 0 Å². The number of carbonyl (C=O) groups excluding carboxylic acids is 2. The molecule has 4 heterocycles. The highest BCUT2D eigenvalue weighted by atomic mass is 16.7. The van der Waals surface area contributed by atoms with E-state index in [-0.39, 0.29) is 42.9 Å². The average Bonchev–Trinajstić information content (AvgIpc) is 3.23. The van der Waals surface area contributed by atoms with Crippen LogP contribution in [0.15, 0.2) is 47.1 Å². The summed E-state index contributed by atoms with van der Waals surface area (Å²) in [6.45, 7) is 9.93. The summed E-state index contributed by atoms with van der Waals surface area (Å²) < 4.78 is 25.0. The Balaban J connectivity index is 1.53. The van der Waals surface area contributed by atoms with Gasteiger partial charge in [-0.2, -0.15) is 0 Å². The van der Waals surface area contributed by atoms with Gasteiger partial charge in [-0.05, 0) is 50.2 Å². The summed E-state index contributed by atoms with van der Waals surface area (Å²) in [6, 6.07) is 0. The Labute approximate surface area is 237 Å². The van der Waals surface area contributed by atoms with Gasteiger partial charge in [0.15, 0.2) is 17.7 Å². The maximum Gasteiger partial charge on any atom is 0.316 e. The molecule has 5 rings (SSSR count). The first kappa shape index (κ1) is 29.4. The molecule has 1 aliphatic carbocycles. The molecular formula is C32H44O8. The van der Waals surface area contributed by atoms with Gasteiger partial charge in [0.05, 0.1) is 24.9 Å². The van der Waals surface area contributed by atoms with Crippen LogP contribution in [-0.2, 0) is 28.5 Å². The first-order valence-corrected chi connectivity index (χ1v) is 14.8. The number of aliphatic hydroxyl groups is 2. The lowest BCUT2D eigenvalue weighted by molar-refractivity contribution is -0.348. The third-order valence-corrected chi connectivity index (χ3v) is 9.41. The van der Waals surface area contributed by atoms with Crippen molar-refractivity contribution < 1.29 is 38.7 Å². The van der Waals surface area contributed by atoms with E-state index in [0.717, 1.165) is 12.8 Å². The number of esters is 1. The van der Waals surface area contributed by atoms with Crippen molar-refractivity contribution in [2.45, 2.75) is 115 Å². The van der Waals surface area contributed by atoms with E-state index >= 15 is 0 Å². The molecule has 2 bridgehead atoms.